The lowest BCUT2D eigenvalue weighted by atomic mass is 9.95. The summed E-state index contributed by atoms with van der Waals surface area (Å²) in [5.41, 5.74) is -0.628. The Balaban J connectivity index is 1.67. The summed E-state index contributed by atoms with van der Waals surface area (Å²) >= 11 is 0. The van der Waals surface area contributed by atoms with Gasteiger partial charge in [0.05, 0.1) is 18.4 Å². The first-order chi connectivity index (χ1) is 18.0. The van der Waals surface area contributed by atoms with Crippen LogP contribution in [-0.4, -0.2) is 48.5 Å². The summed E-state index contributed by atoms with van der Waals surface area (Å²) in [6.45, 7) is 1.37. The first kappa shape index (κ1) is 25.4. The number of hydrogen-bond donors (Lipinski definition) is 0. The number of para-hydroxylation sites is 1. The van der Waals surface area contributed by atoms with E-state index < -0.39 is 41.3 Å². The van der Waals surface area contributed by atoms with Gasteiger partial charge in [0.1, 0.15) is 34.9 Å². The number of aryl methyl sites for hydroxylation is 1. The molecule has 12 heteroatoms. The third-order valence-electron chi connectivity index (χ3n) is 6.77. The molecule has 0 saturated carbocycles. The van der Waals surface area contributed by atoms with Crippen molar-refractivity contribution in [3.05, 3.63) is 65.7 Å². The van der Waals surface area contributed by atoms with Gasteiger partial charge in [-0.3, -0.25) is 14.5 Å². The van der Waals surface area contributed by atoms with E-state index in [1.807, 2.05) is 0 Å². The molecule has 0 radical (unpaired) electrons. The van der Waals surface area contributed by atoms with Gasteiger partial charge >= 0.3 is 6.18 Å². The number of ether oxygens (including phenoxy) is 1. The number of benzene rings is 1. The predicted octanol–water partition coefficient (Wildman–Crippen LogP) is 4.49. The van der Waals surface area contributed by atoms with Crippen molar-refractivity contribution in [2.45, 2.75) is 25.6 Å². The normalized spacial score (nSPS) is 19.7. The molecule has 2 aliphatic heterocycles. The minimum atomic E-state index is -4.67. The summed E-state index contributed by atoms with van der Waals surface area (Å²) in [5.74, 6) is -1.93. The lowest BCUT2D eigenvalue weighted by Crippen LogP contribution is -2.52. The Bertz CT molecular complexity index is 1430. The summed E-state index contributed by atoms with van der Waals surface area (Å²) in [7, 11) is 2.91. The molecule has 5 rings (SSSR count). The van der Waals surface area contributed by atoms with Crippen LogP contribution < -0.4 is 19.4 Å². The number of carbonyl (C=O) groups excluding carboxylic acids is 2. The van der Waals surface area contributed by atoms with Crippen LogP contribution in [0.15, 0.2) is 48.7 Å². The third-order valence-corrected chi connectivity index (χ3v) is 6.77. The third kappa shape index (κ3) is 4.29. The zero-order valence-electron chi connectivity index (χ0n) is 20.7. The number of amides is 2. The molecule has 2 aliphatic rings. The molecule has 8 nitrogen and oxygen atoms in total. The Hall–Kier alpha value is -4.22. The van der Waals surface area contributed by atoms with Crippen LogP contribution in [0.4, 0.5) is 40.6 Å². The average Bonchev–Trinajstić information content (AvgIpc) is 3.20. The van der Waals surface area contributed by atoms with Gasteiger partial charge in [-0.05, 0) is 37.3 Å². The van der Waals surface area contributed by atoms with E-state index in [4.69, 9.17) is 4.74 Å². The number of rotatable bonds is 3. The fraction of sp³-hybridized carbons (Fsp3) is 0.308. The SMILES string of the molecule is COc1ccnc(N2C[C@H]3CC(=O)N(c4cc(C(F)(F)F)cc(C)n4)[C@@H]3C(=O)N(C)c3cccc(F)c32)c1. The lowest BCUT2D eigenvalue weighted by molar-refractivity contribution is -0.137. The van der Waals surface area contributed by atoms with E-state index in [1.165, 1.54) is 44.3 Å². The molecule has 0 spiro atoms. The van der Waals surface area contributed by atoms with E-state index in [2.05, 4.69) is 9.97 Å². The van der Waals surface area contributed by atoms with Crippen molar-refractivity contribution in [1.29, 1.82) is 0 Å². The maximum atomic E-state index is 15.3. The summed E-state index contributed by atoms with van der Waals surface area (Å²) in [5, 5.41) is 0. The smallest absolute Gasteiger partial charge is 0.416 e. The fourth-order valence-corrected chi connectivity index (χ4v) is 5.05. The van der Waals surface area contributed by atoms with Crippen molar-refractivity contribution in [2.75, 3.05) is 35.4 Å². The van der Waals surface area contributed by atoms with Crippen molar-refractivity contribution < 1.29 is 31.9 Å². The van der Waals surface area contributed by atoms with Gasteiger partial charge in [0.15, 0.2) is 0 Å². The number of methoxy groups -OCH3 is 1. The maximum absolute atomic E-state index is 15.3. The molecule has 38 heavy (non-hydrogen) atoms. The molecule has 0 unspecified atom stereocenters. The zero-order chi connectivity index (χ0) is 27.4. The number of likely N-dealkylation sites (N-methyl/N-ethyl adjacent to an activating group) is 1. The number of nitrogens with zero attached hydrogens (tertiary/aromatic N) is 5. The minimum absolute atomic E-state index is 0.0153. The molecular formula is C26H23F4N5O3. The predicted molar refractivity (Wildman–Crippen MR) is 131 cm³/mol. The van der Waals surface area contributed by atoms with E-state index in [9.17, 15) is 22.8 Å². The monoisotopic (exact) mass is 529 g/mol. The van der Waals surface area contributed by atoms with Crippen molar-refractivity contribution in [2.24, 2.45) is 5.92 Å². The summed E-state index contributed by atoms with van der Waals surface area (Å²) < 4.78 is 61.3. The second-order valence-electron chi connectivity index (χ2n) is 9.20. The van der Waals surface area contributed by atoms with Crippen LogP contribution in [0, 0.1) is 18.7 Å². The second-order valence-corrected chi connectivity index (χ2v) is 9.20. The van der Waals surface area contributed by atoms with Crippen LogP contribution in [0.25, 0.3) is 0 Å². The number of alkyl halides is 3. The van der Waals surface area contributed by atoms with E-state index in [0.29, 0.717) is 11.6 Å². The van der Waals surface area contributed by atoms with Crippen LogP contribution >= 0.6 is 0 Å². The Kier molecular flexibility index (Phi) is 6.20. The molecule has 0 N–H and O–H groups in total. The number of aromatic nitrogens is 2. The van der Waals surface area contributed by atoms with Gasteiger partial charge in [-0.2, -0.15) is 13.2 Å². The maximum Gasteiger partial charge on any atom is 0.416 e. The standard InChI is InChI=1S/C26H23F4N5O3/c1-14-9-16(26(28,29)30)11-21(32-14)35-22(36)10-15-13-34(20-12-17(38-3)7-8-31-20)24-18(27)5-4-6-19(24)33(2)25(37)23(15)35/h4-9,11-12,15,23H,10,13H2,1-3H3/t15-,23+/m1/s1. The topological polar surface area (TPSA) is 78.9 Å². The van der Waals surface area contributed by atoms with E-state index in [-0.39, 0.29) is 35.9 Å². The van der Waals surface area contributed by atoms with Crippen LogP contribution in [0.2, 0.25) is 0 Å². The average molecular weight is 529 g/mol. The molecule has 3 aromatic rings. The number of carbonyl (C=O) groups is 2. The number of hydrogen-bond acceptors (Lipinski definition) is 6. The molecule has 0 bridgehead atoms. The number of pyridine rings is 2. The molecule has 1 saturated heterocycles. The summed E-state index contributed by atoms with van der Waals surface area (Å²) in [6, 6.07) is 7.95. The first-order valence-electron chi connectivity index (χ1n) is 11.7. The van der Waals surface area contributed by atoms with Gasteiger partial charge in [0, 0.05) is 43.9 Å². The minimum Gasteiger partial charge on any atom is -0.497 e. The van der Waals surface area contributed by atoms with Crippen LogP contribution in [-0.2, 0) is 15.8 Å². The molecule has 198 valence electrons. The highest BCUT2D eigenvalue weighted by atomic mass is 19.4. The first-order valence-corrected chi connectivity index (χ1v) is 11.7. The molecule has 0 aliphatic carbocycles. The van der Waals surface area contributed by atoms with E-state index in [0.717, 1.165) is 17.0 Å². The van der Waals surface area contributed by atoms with Crippen molar-refractivity contribution in [1.82, 2.24) is 9.97 Å². The highest BCUT2D eigenvalue weighted by Crippen LogP contribution is 2.43. The Morgan fingerprint density at radius 1 is 1.08 bits per heavy atom. The van der Waals surface area contributed by atoms with Gasteiger partial charge in [0.2, 0.25) is 11.8 Å². The molecule has 1 fully saturated rings. The molecule has 2 aromatic heterocycles. The second kappa shape index (κ2) is 9.26. The Morgan fingerprint density at radius 3 is 2.55 bits per heavy atom. The Labute approximate surface area is 215 Å². The van der Waals surface area contributed by atoms with Crippen LogP contribution in [0.5, 0.6) is 5.75 Å². The van der Waals surface area contributed by atoms with Gasteiger partial charge in [-0.25, -0.2) is 14.4 Å². The summed E-state index contributed by atoms with van der Waals surface area (Å²) in [6.07, 6.45) is -3.34. The largest absolute Gasteiger partial charge is 0.497 e. The zero-order valence-corrected chi connectivity index (χ0v) is 20.7. The number of fused-ring (bicyclic) bond motifs is 2. The molecule has 2 amide bonds. The number of halogens is 4. The number of anilines is 4. The Morgan fingerprint density at radius 2 is 1.84 bits per heavy atom. The van der Waals surface area contributed by atoms with E-state index >= 15 is 4.39 Å². The highest BCUT2D eigenvalue weighted by Gasteiger charge is 2.50. The van der Waals surface area contributed by atoms with Gasteiger partial charge in [0.25, 0.3) is 0 Å². The molecule has 1 aromatic carbocycles. The lowest BCUT2D eigenvalue weighted by Gasteiger charge is -2.38. The van der Waals surface area contributed by atoms with Gasteiger partial charge in [-0.1, -0.05) is 6.07 Å². The fourth-order valence-electron chi connectivity index (χ4n) is 5.05. The van der Waals surface area contributed by atoms with Crippen molar-refractivity contribution in [3.8, 4) is 5.75 Å². The molecule has 2 atom stereocenters. The highest BCUT2D eigenvalue weighted by molar-refractivity contribution is 6.10. The van der Waals surface area contributed by atoms with Gasteiger partial charge < -0.3 is 14.5 Å². The van der Waals surface area contributed by atoms with Crippen molar-refractivity contribution >= 4 is 34.8 Å². The van der Waals surface area contributed by atoms with Gasteiger partial charge in [-0.15, -0.1) is 0 Å². The quantitative estimate of drug-likeness (QED) is 0.466. The van der Waals surface area contributed by atoms with E-state index in [1.54, 1.807) is 23.1 Å². The molecule has 4 heterocycles. The van der Waals surface area contributed by atoms with Crippen molar-refractivity contribution in [3.63, 3.8) is 0 Å². The van der Waals surface area contributed by atoms with Crippen LogP contribution in [0.3, 0.4) is 0 Å². The van der Waals surface area contributed by atoms with Crippen LogP contribution in [0.1, 0.15) is 17.7 Å². The summed E-state index contributed by atoms with van der Waals surface area (Å²) in [4.78, 5) is 39.4. The molecular weight excluding hydrogens is 506 g/mol.